The van der Waals surface area contributed by atoms with Crippen LogP contribution in [0.4, 0.5) is 21.6 Å². The minimum Gasteiger partial charge on any atom is -0.489 e. The Morgan fingerprint density at radius 3 is 2.89 bits per heavy atom. The highest BCUT2D eigenvalue weighted by Crippen LogP contribution is 2.34. The molecule has 2 N–H and O–H groups in total. The molecule has 0 saturated carbocycles. The third kappa shape index (κ3) is 7.15. The Balaban J connectivity index is 1.62. The Labute approximate surface area is 220 Å². The summed E-state index contributed by atoms with van der Waals surface area (Å²) in [6.45, 7) is 5.92. The van der Waals surface area contributed by atoms with Crippen LogP contribution in [0.25, 0.3) is 10.9 Å². The van der Waals surface area contributed by atoms with E-state index in [4.69, 9.17) is 21.1 Å². The smallest absolute Gasteiger partial charge is 0.248 e. The molecular weight excluding hydrogens is 497 g/mol. The number of halogens is 2. The number of hydrogen-bond donors (Lipinski definition) is 2. The fourth-order valence-corrected chi connectivity index (χ4v) is 3.96. The molecule has 0 unspecified atom stereocenters. The second-order valence-electron chi connectivity index (χ2n) is 9.21. The van der Waals surface area contributed by atoms with Gasteiger partial charge in [-0.1, -0.05) is 17.7 Å². The molecule has 196 valence electrons. The van der Waals surface area contributed by atoms with Crippen LogP contribution in [0.15, 0.2) is 48.8 Å². The van der Waals surface area contributed by atoms with Crippen LogP contribution in [-0.2, 0) is 9.53 Å². The molecule has 1 atom stereocenters. The first-order valence-electron chi connectivity index (χ1n) is 12.2. The molecule has 1 aliphatic rings. The Kier molecular flexibility index (Phi) is 8.91. The van der Waals surface area contributed by atoms with E-state index in [-0.39, 0.29) is 17.0 Å². The van der Waals surface area contributed by atoms with E-state index < -0.39 is 5.82 Å². The molecule has 0 spiro atoms. The van der Waals surface area contributed by atoms with Crippen molar-refractivity contribution in [2.45, 2.75) is 38.8 Å². The van der Waals surface area contributed by atoms with Crippen LogP contribution >= 0.6 is 11.6 Å². The molecule has 37 heavy (non-hydrogen) atoms. The molecule has 1 aromatic heterocycles. The number of aromatic nitrogens is 2. The standard InChI is InChI=1S/C27H31ClFN5O3/c1-17(2)34(3)10-4-7-26(35)33-24-13-20-23(14-25(24)37-15-19-6-5-11-36-19)30-16-31-27(20)32-18-8-9-22(29)21(28)12-18/h4,7-9,12-14,16-17,19H,5-6,10-11,15H2,1-3H3,(H,33,35)(H,30,31,32)/t19-/m0/s1. The van der Waals surface area contributed by atoms with Crippen LogP contribution in [0.5, 0.6) is 5.75 Å². The highest BCUT2D eigenvalue weighted by Gasteiger charge is 2.19. The highest BCUT2D eigenvalue weighted by atomic mass is 35.5. The van der Waals surface area contributed by atoms with Gasteiger partial charge in [0.05, 0.1) is 22.3 Å². The predicted molar refractivity (Wildman–Crippen MR) is 144 cm³/mol. The lowest BCUT2D eigenvalue weighted by molar-refractivity contribution is -0.111. The number of nitrogens with one attached hydrogen (secondary N) is 2. The number of fused-ring (bicyclic) bond motifs is 1. The van der Waals surface area contributed by atoms with Crippen LogP contribution in [0.1, 0.15) is 26.7 Å². The first-order chi connectivity index (χ1) is 17.8. The largest absolute Gasteiger partial charge is 0.489 e. The average Bonchev–Trinajstić information content (AvgIpc) is 3.39. The molecule has 1 saturated heterocycles. The number of rotatable bonds is 10. The van der Waals surface area contributed by atoms with Crippen molar-refractivity contribution in [2.75, 3.05) is 37.4 Å². The summed E-state index contributed by atoms with van der Waals surface area (Å²) in [5.41, 5.74) is 1.65. The number of anilines is 3. The predicted octanol–water partition coefficient (Wildman–Crippen LogP) is 5.56. The van der Waals surface area contributed by atoms with Crippen molar-refractivity contribution in [1.29, 1.82) is 0 Å². The van der Waals surface area contributed by atoms with Gasteiger partial charge < -0.3 is 25.0 Å². The zero-order chi connectivity index (χ0) is 26.4. The number of carbonyl (C=O) groups is 1. The number of amides is 1. The van der Waals surface area contributed by atoms with Crippen LogP contribution in [0, 0.1) is 5.82 Å². The van der Waals surface area contributed by atoms with E-state index in [1.807, 2.05) is 13.1 Å². The Bertz CT molecular complexity index is 1280. The lowest BCUT2D eigenvalue weighted by Gasteiger charge is -2.18. The van der Waals surface area contributed by atoms with Gasteiger partial charge in [0.2, 0.25) is 5.91 Å². The summed E-state index contributed by atoms with van der Waals surface area (Å²) < 4.78 is 25.4. The van der Waals surface area contributed by atoms with Crippen molar-refractivity contribution in [3.63, 3.8) is 0 Å². The maximum atomic E-state index is 13.6. The van der Waals surface area contributed by atoms with E-state index in [0.29, 0.717) is 53.0 Å². The zero-order valence-corrected chi connectivity index (χ0v) is 21.9. The first kappa shape index (κ1) is 26.8. The van der Waals surface area contributed by atoms with E-state index in [2.05, 4.69) is 39.3 Å². The minimum absolute atomic E-state index is 0.00368. The molecule has 2 aromatic carbocycles. The summed E-state index contributed by atoms with van der Waals surface area (Å²) in [4.78, 5) is 23.6. The van der Waals surface area contributed by atoms with Gasteiger partial charge in [-0.2, -0.15) is 0 Å². The van der Waals surface area contributed by atoms with E-state index in [0.717, 1.165) is 19.4 Å². The fraction of sp³-hybridized carbons (Fsp3) is 0.370. The van der Waals surface area contributed by atoms with Gasteiger partial charge in [0.1, 0.15) is 30.3 Å². The molecule has 1 fully saturated rings. The minimum atomic E-state index is -0.509. The van der Waals surface area contributed by atoms with Gasteiger partial charge in [-0.25, -0.2) is 14.4 Å². The normalized spacial score (nSPS) is 15.7. The van der Waals surface area contributed by atoms with E-state index >= 15 is 0 Å². The number of carbonyl (C=O) groups excluding carboxylic acids is 1. The summed E-state index contributed by atoms with van der Waals surface area (Å²) in [6.07, 6.45) is 6.69. The maximum absolute atomic E-state index is 13.6. The molecule has 0 aliphatic carbocycles. The van der Waals surface area contributed by atoms with Crippen molar-refractivity contribution in [3.05, 3.63) is 59.7 Å². The molecule has 0 radical (unpaired) electrons. The second kappa shape index (κ2) is 12.3. The molecule has 1 aliphatic heterocycles. The third-order valence-corrected chi connectivity index (χ3v) is 6.46. The van der Waals surface area contributed by atoms with Gasteiger partial charge in [0.15, 0.2) is 0 Å². The molecule has 1 amide bonds. The Morgan fingerprint density at radius 2 is 2.16 bits per heavy atom. The quantitative estimate of drug-likeness (QED) is 0.334. The number of hydrogen-bond acceptors (Lipinski definition) is 7. The molecule has 2 heterocycles. The highest BCUT2D eigenvalue weighted by molar-refractivity contribution is 6.31. The first-order valence-corrected chi connectivity index (χ1v) is 12.6. The molecule has 4 rings (SSSR count). The van der Waals surface area contributed by atoms with Crippen molar-refractivity contribution < 1.29 is 18.7 Å². The van der Waals surface area contributed by atoms with Crippen molar-refractivity contribution in [3.8, 4) is 5.75 Å². The summed E-state index contributed by atoms with van der Waals surface area (Å²) in [5, 5.41) is 6.72. The Morgan fingerprint density at radius 1 is 1.32 bits per heavy atom. The number of benzene rings is 2. The second-order valence-corrected chi connectivity index (χ2v) is 9.62. The van der Waals surface area contributed by atoms with Crippen molar-refractivity contribution in [2.24, 2.45) is 0 Å². The van der Waals surface area contributed by atoms with Crippen LogP contribution in [0.3, 0.4) is 0 Å². The van der Waals surface area contributed by atoms with Crippen molar-refractivity contribution in [1.82, 2.24) is 14.9 Å². The molecular formula is C27H31ClFN5O3. The van der Waals surface area contributed by atoms with Gasteiger partial charge in [0.25, 0.3) is 0 Å². The van der Waals surface area contributed by atoms with E-state index in [1.165, 1.54) is 24.5 Å². The Hall–Kier alpha value is -3.27. The van der Waals surface area contributed by atoms with Crippen LogP contribution in [-0.4, -0.2) is 59.7 Å². The summed E-state index contributed by atoms with van der Waals surface area (Å²) in [6, 6.07) is 8.22. The third-order valence-electron chi connectivity index (χ3n) is 6.17. The number of likely N-dealkylation sites (N-methyl/N-ethyl adjacent to an activating group) is 1. The van der Waals surface area contributed by atoms with Gasteiger partial charge >= 0.3 is 0 Å². The summed E-state index contributed by atoms with van der Waals surface area (Å²) >= 11 is 5.94. The lowest BCUT2D eigenvalue weighted by Crippen LogP contribution is -2.26. The van der Waals surface area contributed by atoms with Gasteiger partial charge in [-0.3, -0.25) is 4.79 Å². The SMILES string of the molecule is CC(C)N(C)CC=CC(=O)Nc1cc2c(Nc3ccc(F)c(Cl)c3)ncnc2cc1OC[C@@H]1CCCO1. The number of nitrogens with zero attached hydrogens (tertiary/aromatic N) is 3. The zero-order valence-electron chi connectivity index (χ0n) is 21.1. The molecule has 10 heteroatoms. The van der Waals surface area contributed by atoms with Gasteiger partial charge in [-0.15, -0.1) is 0 Å². The number of ether oxygens (including phenoxy) is 2. The average molecular weight is 528 g/mol. The molecule has 0 bridgehead atoms. The summed E-state index contributed by atoms with van der Waals surface area (Å²) in [5.74, 6) is 0.169. The van der Waals surface area contributed by atoms with Gasteiger partial charge in [0, 0.05) is 42.4 Å². The summed E-state index contributed by atoms with van der Waals surface area (Å²) in [7, 11) is 2.00. The maximum Gasteiger partial charge on any atom is 0.248 e. The van der Waals surface area contributed by atoms with E-state index in [9.17, 15) is 9.18 Å². The molecule has 8 nitrogen and oxygen atoms in total. The van der Waals surface area contributed by atoms with E-state index in [1.54, 1.807) is 18.2 Å². The molecule has 3 aromatic rings. The van der Waals surface area contributed by atoms with Crippen molar-refractivity contribution >= 4 is 45.6 Å². The van der Waals surface area contributed by atoms with Gasteiger partial charge in [-0.05, 0) is 58.0 Å². The van der Waals surface area contributed by atoms with Crippen LogP contribution < -0.4 is 15.4 Å². The lowest BCUT2D eigenvalue weighted by atomic mass is 10.1. The topological polar surface area (TPSA) is 88.6 Å². The fourth-order valence-electron chi connectivity index (χ4n) is 3.78. The monoisotopic (exact) mass is 527 g/mol. The van der Waals surface area contributed by atoms with Crippen LogP contribution in [0.2, 0.25) is 5.02 Å².